The summed E-state index contributed by atoms with van der Waals surface area (Å²) in [7, 11) is -4.06. The number of sulfonamides is 1. The van der Waals surface area contributed by atoms with Crippen LogP contribution in [0.4, 0.5) is 4.79 Å². The molecule has 0 fully saturated rings. The minimum Gasteiger partial charge on any atom is -0.324 e. The van der Waals surface area contributed by atoms with Crippen LogP contribution in [-0.2, 0) is 21.4 Å². The zero-order valence-corrected chi connectivity index (χ0v) is 17.6. The number of pyridine rings is 1. The molecule has 1 atom stereocenters. The quantitative estimate of drug-likeness (QED) is 0.643. The molecular weight excluding hydrogens is 406 g/mol. The first-order chi connectivity index (χ1) is 14.2. The third-order valence-electron chi connectivity index (χ3n) is 5.12. The number of fused-ring (bicyclic) bond motifs is 3. The van der Waals surface area contributed by atoms with Crippen molar-refractivity contribution in [3.05, 3.63) is 41.6 Å². The number of para-hydroxylation sites is 1. The monoisotopic (exact) mass is 427 g/mol. The number of imide groups is 1. The van der Waals surface area contributed by atoms with E-state index in [1.165, 1.54) is 6.92 Å². The third kappa shape index (κ3) is 3.37. The lowest BCUT2D eigenvalue weighted by atomic mass is 10.1. The summed E-state index contributed by atoms with van der Waals surface area (Å²) >= 11 is 0. The van der Waals surface area contributed by atoms with Gasteiger partial charge in [-0.2, -0.15) is 0 Å². The molecule has 1 aliphatic heterocycles. The molecule has 1 aliphatic rings. The smallest absolute Gasteiger partial charge is 0.324 e. The van der Waals surface area contributed by atoms with Crippen molar-refractivity contribution >= 4 is 49.6 Å². The van der Waals surface area contributed by atoms with Crippen molar-refractivity contribution in [1.29, 1.82) is 0 Å². The van der Waals surface area contributed by atoms with E-state index in [1.54, 1.807) is 0 Å². The Morgan fingerprint density at radius 3 is 2.63 bits per heavy atom. The van der Waals surface area contributed by atoms with Gasteiger partial charge in [0.15, 0.2) is 5.25 Å². The highest BCUT2D eigenvalue weighted by Crippen LogP contribution is 2.30. The highest BCUT2D eigenvalue weighted by atomic mass is 32.2. The fourth-order valence-corrected chi connectivity index (χ4v) is 5.35. The topological polar surface area (TPSA) is 123 Å². The maximum Gasteiger partial charge on any atom is 0.347 e. The molecule has 1 aromatic carbocycles. The van der Waals surface area contributed by atoms with Crippen molar-refractivity contribution < 1.29 is 18.0 Å². The average molecular weight is 427 g/mol. The second kappa shape index (κ2) is 7.29. The maximum atomic E-state index is 12.7. The Kier molecular flexibility index (Phi) is 4.91. The Hall–Kier alpha value is -3.11. The van der Waals surface area contributed by atoms with E-state index in [9.17, 15) is 18.0 Å². The Morgan fingerprint density at radius 2 is 1.90 bits per heavy atom. The molecule has 156 valence electrons. The van der Waals surface area contributed by atoms with E-state index in [1.807, 2.05) is 54.1 Å². The number of carbonyl (C=O) groups is 2. The summed E-state index contributed by atoms with van der Waals surface area (Å²) in [6, 6.07) is 9.04. The number of nitrogens with zero attached hydrogens (tertiary/aromatic N) is 3. The number of rotatable bonds is 5. The minimum absolute atomic E-state index is 0.0514. The third-order valence-corrected chi connectivity index (χ3v) is 6.90. The summed E-state index contributed by atoms with van der Waals surface area (Å²) < 4.78 is 29.8. The minimum atomic E-state index is -4.06. The molecule has 3 amide bonds. The van der Waals surface area contributed by atoms with E-state index >= 15 is 0 Å². The van der Waals surface area contributed by atoms with Gasteiger partial charge in [-0.3, -0.25) is 10.1 Å². The van der Waals surface area contributed by atoms with Crippen LogP contribution in [0.15, 0.2) is 35.3 Å². The van der Waals surface area contributed by atoms with Crippen molar-refractivity contribution in [3.8, 4) is 0 Å². The molecule has 10 heteroatoms. The van der Waals surface area contributed by atoms with Gasteiger partial charge in [0.05, 0.1) is 5.52 Å². The highest BCUT2D eigenvalue weighted by Gasteiger charge is 2.39. The van der Waals surface area contributed by atoms with Gasteiger partial charge in [-0.15, -0.1) is 0 Å². The molecule has 30 heavy (non-hydrogen) atoms. The van der Waals surface area contributed by atoms with E-state index in [0.717, 1.165) is 33.2 Å². The zero-order valence-electron chi connectivity index (χ0n) is 16.8. The number of amides is 3. The number of aromatic nitrogens is 2. The number of aliphatic imine (C=N–C) groups is 1. The SMILES string of the molecule is CC1=NC(=O)NC(=O)C1S(=O)(=O)NCCn1c2ccccc2c2c(C)cc(C)nc21. The lowest BCUT2D eigenvalue weighted by Crippen LogP contribution is -2.53. The van der Waals surface area contributed by atoms with Crippen LogP contribution in [0.3, 0.4) is 0 Å². The van der Waals surface area contributed by atoms with Gasteiger partial charge in [-0.1, -0.05) is 18.2 Å². The van der Waals surface area contributed by atoms with Crippen molar-refractivity contribution in [1.82, 2.24) is 19.6 Å². The number of benzene rings is 1. The van der Waals surface area contributed by atoms with Gasteiger partial charge in [-0.05, 0) is 38.5 Å². The number of carbonyl (C=O) groups excluding carboxylic acids is 2. The van der Waals surface area contributed by atoms with Gasteiger partial charge in [0.25, 0.3) is 5.91 Å². The van der Waals surface area contributed by atoms with Crippen LogP contribution in [0.5, 0.6) is 0 Å². The molecule has 0 saturated carbocycles. The number of urea groups is 1. The van der Waals surface area contributed by atoms with E-state index < -0.39 is 27.2 Å². The second-order valence-corrected chi connectivity index (χ2v) is 9.17. The van der Waals surface area contributed by atoms with Crippen LogP contribution in [0.25, 0.3) is 21.9 Å². The standard InChI is InChI=1S/C20H21N5O4S/c1-11-10-12(2)22-18-16(11)14-6-4-5-7-15(14)25(18)9-8-21-30(28,29)17-13(3)23-20(27)24-19(17)26/h4-7,10,17,21H,8-9H2,1-3H3,(H,24,26,27). The first-order valence-electron chi connectivity index (χ1n) is 9.42. The maximum absolute atomic E-state index is 12.7. The molecule has 1 unspecified atom stereocenters. The first-order valence-corrected chi connectivity index (χ1v) is 11.0. The lowest BCUT2D eigenvalue weighted by Gasteiger charge is -2.20. The Labute approximate surface area is 173 Å². The van der Waals surface area contributed by atoms with Gasteiger partial charge in [0.2, 0.25) is 10.0 Å². The fraction of sp³-hybridized carbons (Fsp3) is 0.300. The molecule has 0 saturated heterocycles. The second-order valence-electron chi connectivity index (χ2n) is 7.31. The number of aryl methyl sites for hydroxylation is 2. The molecule has 9 nitrogen and oxygen atoms in total. The molecule has 3 heterocycles. The molecule has 2 aromatic heterocycles. The molecule has 0 radical (unpaired) electrons. The zero-order chi connectivity index (χ0) is 21.6. The number of hydrogen-bond donors (Lipinski definition) is 2. The number of nitrogens with one attached hydrogen (secondary N) is 2. The van der Waals surface area contributed by atoms with Crippen LogP contribution < -0.4 is 10.0 Å². The Morgan fingerprint density at radius 1 is 1.17 bits per heavy atom. The predicted octanol–water partition coefficient (Wildman–Crippen LogP) is 1.81. The highest BCUT2D eigenvalue weighted by molar-refractivity contribution is 7.91. The van der Waals surface area contributed by atoms with Crippen LogP contribution >= 0.6 is 0 Å². The first kappa shape index (κ1) is 20.2. The predicted molar refractivity (Wildman–Crippen MR) is 114 cm³/mol. The van der Waals surface area contributed by atoms with Crippen molar-refractivity contribution in [2.45, 2.75) is 32.6 Å². The molecule has 3 aromatic rings. The van der Waals surface area contributed by atoms with Gasteiger partial charge in [-0.25, -0.2) is 27.9 Å². The van der Waals surface area contributed by atoms with Crippen molar-refractivity contribution in [2.75, 3.05) is 6.54 Å². The summed E-state index contributed by atoms with van der Waals surface area (Å²) in [5.41, 5.74) is 3.66. The lowest BCUT2D eigenvalue weighted by molar-refractivity contribution is -0.118. The van der Waals surface area contributed by atoms with Crippen molar-refractivity contribution in [2.24, 2.45) is 4.99 Å². The molecule has 0 bridgehead atoms. The van der Waals surface area contributed by atoms with Crippen LogP contribution in [-0.4, -0.2) is 47.4 Å². The summed E-state index contributed by atoms with van der Waals surface area (Å²) in [4.78, 5) is 31.5. The molecule has 0 aliphatic carbocycles. The van der Waals surface area contributed by atoms with Gasteiger partial charge in [0, 0.05) is 35.3 Å². The van der Waals surface area contributed by atoms with E-state index in [4.69, 9.17) is 0 Å². The summed E-state index contributed by atoms with van der Waals surface area (Å²) in [6.45, 7) is 5.67. The van der Waals surface area contributed by atoms with Crippen LogP contribution in [0.1, 0.15) is 18.2 Å². The summed E-state index contributed by atoms with van der Waals surface area (Å²) in [6.07, 6.45) is 0. The molecule has 2 N–H and O–H groups in total. The van der Waals surface area contributed by atoms with E-state index in [0.29, 0.717) is 6.54 Å². The van der Waals surface area contributed by atoms with Gasteiger partial charge >= 0.3 is 6.03 Å². The van der Waals surface area contributed by atoms with Gasteiger partial charge < -0.3 is 4.57 Å². The van der Waals surface area contributed by atoms with Crippen molar-refractivity contribution in [3.63, 3.8) is 0 Å². The van der Waals surface area contributed by atoms with E-state index in [2.05, 4.69) is 14.7 Å². The number of hydrogen-bond acceptors (Lipinski definition) is 5. The molecule has 4 rings (SSSR count). The average Bonchev–Trinajstić information content (AvgIpc) is 2.94. The Bertz CT molecular complexity index is 1340. The van der Waals surface area contributed by atoms with E-state index in [-0.39, 0.29) is 12.3 Å². The van der Waals surface area contributed by atoms with Crippen LogP contribution in [0.2, 0.25) is 0 Å². The Balaban J connectivity index is 1.65. The van der Waals surface area contributed by atoms with Gasteiger partial charge in [0.1, 0.15) is 5.65 Å². The largest absolute Gasteiger partial charge is 0.347 e. The normalized spacial score (nSPS) is 17.4. The molecular formula is C20H21N5O4S. The summed E-state index contributed by atoms with van der Waals surface area (Å²) in [5, 5.41) is 2.48. The van der Waals surface area contributed by atoms with Crippen LogP contribution in [0, 0.1) is 13.8 Å². The summed E-state index contributed by atoms with van der Waals surface area (Å²) in [5.74, 6) is -0.898. The molecule has 0 spiro atoms. The fourth-order valence-electron chi connectivity index (χ4n) is 3.96.